The maximum atomic E-state index is 7.01. The second kappa shape index (κ2) is 13.1. The maximum absolute atomic E-state index is 7.01. The van der Waals surface area contributed by atoms with Crippen LogP contribution in [0.25, 0.3) is 97.4 Å². The first kappa shape index (κ1) is 32.8. The third-order valence-electron chi connectivity index (χ3n) is 11.5. The van der Waals surface area contributed by atoms with Crippen molar-refractivity contribution in [1.82, 2.24) is 0 Å². The van der Waals surface area contributed by atoms with Gasteiger partial charge in [0.05, 0.1) is 0 Å². The lowest BCUT2D eigenvalue weighted by molar-refractivity contribution is 0.664. The van der Waals surface area contributed by atoms with E-state index in [-0.39, 0.29) is 0 Å². The number of fused-ring (bicyclic) bond motifs is 9. The van der Waals surface area contributed by atoms with Gasteiger partial charge >= 0.3 is 0 Å². The zero-order valence-electron chi connectivity index (χ0n) is 31.2. The number of hydrogen-bond donors (Lipinski definition) is 0. The first-order valence-electron chi connectivity index (χ1n) is 19.6. The Hall–Kier alpha value is -7.40. The highest BCUT2D eigenvalue weighted by atomic mass is 32.1. The highest BCUT2D eigenvalue weighted by Crippen LogP contribution is 2.49. The Morgan fingerprint density at radius 1 is 0.362 bits per heavy atom. The largest absolute Gasteiger partial charge is 0.456 e. The predicted octanol–water partition coefficient (Wildman–Crippen LogP) is 16.3. The van der Waals surface area contributed by atoms with Gasteiger partial charge in [-0.15, -0.1) is 11.3 Å². The first-order chi connectivity index (χ1) is 28.7. The van der Waals surface area contributed by atoms with Gasteiger partial charge in [0.15, 0.2) is 0 Å². The summed E-state index contributed by atoms with van der Waals surface area (Å²) in [5.74, 6) is 0. The lowest BCUT2D eigenvalue weighted by atomic mass is 9.95. The molecule has 0 unspecified atom stereocenters. The van der Waals surface area contributed by atoms with E-state index in [1.54, 1.807) is 0 Å². The fourth-order valence-corrected chi connectivity index (χ4v) is 9.98. The summed E-state index contributed by atoms with van der Waals surface area (Å²) in [7, 11) is 0. The summed E-state index contributed by atoms with van der Waals surface area (Å²) in [6.07, 6.45) is 0. The van der Waals surface area contributed by atoms with Crippen LogP contribution in [-0.4, -0.2) is 0 Å². The second-order valence-electron chi connectivity index (χ2n) is 14.8. The van der Waals surface area contributed by atoms with E-state index in [9.17, 15) is 0 Å². The van der Waals surface area contributed by atoms with Crippen LogP contribution in [0.3, 0.4) is 0 Å². The zero-order chi connectivity index (χ0) is 38.2. The van der Waals surface area contributed by atoms with Crippen molar-refractivity contribution in [1.29, 1.82) is 0 Å². The summed E-state index contributed by atoms with van der Waals surface area (Å²) < 4.78 is 16.2. The minimum Gasteiger partial charge on any atom is -0.456 e. The van der Waals surface area contributed by atoms with E-state index >= 15 is 0 Å². The number of rotatable bonds is 6. The molecule has 272 valence electrons. The molecular formula is C54H33NO2S. The van der Waals surface area contributed by atoms with E-state index in [0.717, 1.165) is 72.1 Å². The molecule has 12 rings (SSSR count). The molecule has 4 heteroatoms. The monoisotopic (exact) mass is 759 g/mol. The van der Waals surface area contributed by atoms with E-state index in [4.69, 9.17) is 8.83 Å². The third kappa shape index (κ3) is 5.19. The van der Waals surface area contributed by atoms with Gasteiger partial charge in [0, 0.05) is 69.9 Å². The summed E-state index contributed by atoms with van der Waals surface area (Å²) in [5, 5.41) is 6.74. The SMILES string of the molecule is c1ccc(-c2ccc(N(c3ccc(-c4ccccc4)cc3)c3ccc4oc5c(-c6cccc7c6sc6ccccc67)c6c(cc5c4c3)oc3ccccc36)cc2)cc1. The van der Waals surface area contributed by atoms with Crippen molar-refractivity contribution < 1.29 is 8.83 Å². The average Bonchev–Trinajstić information content (AvgIpc) is 3.98. The molecule has 3 nitrogen and oxygen atoms in total. The number of para-hydroxylation sites is 1. The molecule has 0 amide bonds. The molecule has 0 radical (unpaired) electrons. The molecule has 0 atom stereocenters. The van der Waals surface area contributed by atoms with Crippen molar-refractivity contribution >= 4 is 92.4 Å². The van der Waals surface area contributed by atoms with Crippen molar-refractivity contribution in [3.8, 4) is 33.4 Å². The molecule has 12 aromatic rings. The van der Waals surface area contributed by atoms with Gasteiger partial charge in [0.25, 0.3) is 0 Å². The minimum absolute atomic E-state index is 0.833. The number of benzene rings is 9. The van der Waals surface area contributed by atoms with E-state index in [1.807, 2.05) is 17.4 Å². The Bertz CT molecular complexity index is 3400. The van der Waals surface area contributed by atoms with Crippen LogP contribution < -0.4 is 4.90 Å². The molecule has 3 heterocycles. The van der Waals surface area contributed by atoms with Crippen LogP contribution >= 0.6 is 11.3 Å². The van der Waals surface area contributed by atoms with Gasteiger partial charge in [-0.1, -0.05) is 140 Å². The summed E-state index contributed by atoms with van der Waals surface area (Å²) in [5.41, 5.74) is 13.5. The fraction of sp³-hybridized carbons (Fsp3) is 0. The summed E-state index contributed by atoms with van der Waals surface area (Å²) in [6.45, 7) is 0. The summed E-state index contributed by atoms with van der Waals surface area (Å²) in [4.78, 5) is 2.33. The number of furan rings is 2. The fourth-order valence-electron chi connectivity index (χ4n) is 8.76. The Balaban J connectivity index is 1.09. The lowest BCUT2D eigenvalue weighted by Crippen LogP contribution is -2.09. The molecule has 0 bridgehead atoms. The second-order valence-corrected chi connectivity index (χ2v) is 15.9. The molecule has 0 aliphatic carbocycles. The molecule has 58 heavy (non-hydrogen) atoms. The number of thiophene rings is 1. The third-order valence-corrected chi connectivity index (χ3v) is 12.7. The minimum atomic E-state index is 0.833. The van der Waals surface area contributed by atoms with Crippen LogP contribution in [-0.2, 0) is 0 Å². The van der Waals surface area contributed by atoms with Gasteiger partial charge in [-0.2, -0.15) is 0 Å². The molecule has 0 saturated heterocycles. The standard InChI is InChI=1S/C54H33NO2S/c1-3-12-34(13-4-1)36-22-26-38(27-23-36)55(39-28-24-37(25-29-39)35-14-5-2-6-15-35)40-30-31-48-45(32-40)46-33-49-51(43-17-7-9-20-47(43)56-49)52(53(46)57-48)44-19-11-18-42-41-16-8-10-21-50(41)58-54(42)44/h1-33H. The topological polar surface area (TPSA) is 29.5 Å². The number of nitrogens with zero attached hydrogens (tertiary/aromatic N) is 1. The van der Waals surface area contributed by atoms with E-state index in [1.165, 1.54) is 42.4 Å². The molecule has 9 aromatic carbocycles. The van der Waals surface area contributed by atoms with Crippen LogP contribution in [0.15, 0.2) is 209 Å². The molecular weight excluding hydrogens is 727 g/mol. The van der Waals surface area contributed by atoms with Crippen molar-refractivity contribution in [3.63, 3.8) is 0 Å². The highest BCUT2D eigenvalue weighted by Gasteiger charge is 2.24. The van der Waals surface area contributed by atoms with Crippen molar-refractivity contribution in [3.05, 3.63) is 200 Å². The Kier molecular flexibility index (Phi) is 7.40. The van der Waals surface area contributed by atoms with Gasteiger partial charge in [-0.3, -0.25) is 0 Å². The smallest absolute Gasteiger partial charge is 0.144 e. The normalized spacial score (nSPS) is 11.8. The first-order valence-corrected chi connectivity index (χ1v) is 20.4. The number of anilines is 3. The van der Waals surface area contributed by atoms with Crippen LogP contribution in [0.5, 0.6) is 0 Å². The average molecular weight is 760 g/mol. The molecule has 0 spiro atoms. The van der Waals surface area contributed by atoms with Crippen molar-refractivity contribution in [2.45, 2.75) is 0 Å². The molecule has 0 aliphatic rings. The maximum Gasteiger partial charge on any atom is 0.144 e. The zero-order valence-corrected chi connectivity index (χ0v) is 32.0. The van der Waals surface area contributed by atoms with Crippen LogP contribution in [0.2, 0.25) is 0 Å². The van der Waals surface area contributed by atoms with Gasteiger partial charge in [-0.05, 0) is 82.9 Å². The van der Waals surface area contributed by atoms with Crippen LogP contribution in [0, 0.1) is 0 Å². The summed E-state index contributed by atoms with van der Waals surface area (Å²) >= 11 is 1.84. The Labute approximate surface area is 338 Å². The summed E-state index contributed by atoms with van der Waals surface area (Å²) in [6, 6.07) is 71.2. The molecule has 0 saturated carbocycles. The van der Waals surface area contributed by atoms with Gasteiger partial charge in [0.1, 0.15) is 22.3 Å². The van der Waals surface area contributed by atoms with E-state index in [0.29, 0.717) is 0 Å². The molecule has 0 N–H and O–H groups in total. The van der Waals surface area contributed by atoms with Crippen LogP contribution in [0.1, 0.15) is 0 Å². The van der Waals surface area contributed by atoms with Crippen LogP contribution in [0.4, 0.5) is 17.1 Å². The van der Waals surface area contributed by atoms with Crippen molar-refractivity contribution in [2.24, 2.45) is 0 Å². The lowest BCUT2D eigenvalue weighted by Gasteiger charge is -2.26. The van der Waals surface area contributed by atoms with Crippen molar-refractivity contribution in [2.75, 3.05) is 4.90 Å². The van der Waals surface area contributed by atoms with E-state index in [2.05, 4.69) is 199 Å². The Morgan fingerprint density at radius 2 is 0.931 bits per heavy atom. The highest BCUT2D eigenvalue weighted by molar-refractivity contribution is 7.26. The number of hydrogen-bond acceptors (Lipinski definition) is 4. The predicted molar refractivity (Wildman–Crippen MR) is 245 cm³/mol. The van der Waals surface area contributed by atoms with Gasteiger partial charge in [-0.25, -0.2) is 0 Å². The molecule has 0 fully saturated rings. The molecule has 3 aromatic heterocycles. The van der Waals surface area contributed by atoms with Gasteiger partial charge < -0.3 is 13.7 Å². The van der Waals surface area contributed by atoms with Gasteiger partial charge in [0.2, 0.25) is 0 Å². The van der Waals surface area contributed by atoms with E-state index < -0.39 is 0 Å². The molecule has 0 aliphatic heterocycles. The Morgan fingerprint density at radius 3 is 1.64 bits per heavy atom. The quantitative estimate of drug-likeness (QED) is 0.169.